The smallest absolute Gasteiger partial charge is 0.0753 e. The van der Waals surface area contributed by atoms with Gasteiger partial charge in [0.05, 0.1) is 12.0 Å². The third kappa shape index (κ3) is 3.12. The molecule has 0 aliphatic rings. The van der Waals surface area contributed by atoms with Gasteiger partial charge in [0.1, 0.15) is 0 Å². The first-order chi connectivity index (χ1) is 8.69. The van der Waals surface area contributed by atoms with Gasteiger partial charge in [-0.1, -0.05) is 53.6 Å². The monoisotopic (exact) mass is 255 g/mol. The molecule has 0 saturated heterocycles. The third-order valence-corrected chi connectivity index (χ3v) is 3.24. The van der Waals surface area contributed by atoms with E-state index < -0.39 is 0 Å². The van der Waals surface area contributed by atoms with Gasteiger partial charge < -0.3 is 0 Å². The van der Waals surface area contributed by atoms with Crippen molar-refractivity contribution in [3.63, 3.8) is 0 Å². The minimum absolute atomic E-state index is 0.105. The summed E-state index contributed by atoms with van der Waals surface area (Å²) in [5.41, 5.74) is 3.41. The van der Waals surface area contributed by atoms with Gasteiger partial charge in [0.25, 0.3) is 0 Å². The van der Waals surface area contributed by atoms with Crippen molar-refractivity contribution in [1.29, 1.82) is 5.26 Å². The Morgan fingerprint density at radius 2 is 1.67 bits per heavy atom. The van der Waals surface area contributed by atoms with Gasteiger partial charge in [0.2, 0.25) is 0 Å². The fourth-order valence-electron chi connectivity index (χ4n) is 1.89. The van der Waals surface area contributed by atoms with Crippen molar-refractivity contribution in [1.82, 2.24) is 0 Å². The molecule has 18 heavy (non-hydrogen) atoms. The second kappa shape index (κ2) is 5.71. The van der Waals surface area contributed by atoms with Gasteiger partial charge >= 0.3 is 0 Å². The molecule has 0 radical (unpaired) electrons. The summed E-state index contributed by atoms with van der Waals surface area (Å²) in [6.45, 7) is 2.05. The fourth-order valence-corrected chi connectivity index (χ4v) is 2.02. The van der Waals surface area contributed by atoms with Gasteiger partial charge in [0.15, 0.2) is 0 Å². The summed E-state index contributed by atoms with van der Waals surface area (Å²) < 4.78 is 0. The Kier molecular flexibility index (Phi) is 4.02. The van der Waals surface area contributed by atoms with Crippen molar-refractivity contribution in [2.24, 2.45) is 0 Å². The van der Waals surface area contributed by atoms with Crippen molar-refractivity contribution < 1.29 is 0 Å². The standard InChI is InChI=1S/C16H14ClN/c1-12-2-6-14(7-3-12)15(11-18)10-13-4-8-16(17)9-5-13/h2-9,15H,10H2,1H3. The molecule has 2 aromatic rings. The van der Waals surface area contributed by atoms with Gasteiger partial charge in [-0.15, -0.1) is 0 Å². The Hall–Kier alpha value is -1.78. The maximum atomic E-state index is 9.29. The Bertz CT molecular complexity index is 549. The van der Waals surface area contributed by atoms with E-state index in [-0.39, 0.29) is 5.92 Å². The van der Waals surface area contributed by atoms with Crippen LogP contribution in [0.3, 0.4) is 0 Å². The predicted octanol–water partition coefficient (Wildman–Crippen LogP) is 4.50. The highest BCUT2D eigenvalue weighted by Gasteiger charge is 2.11. The minimum Gasteiger partial charge on any atom is -0.198 e. The molecule has 2 rings (SSSR count). The Balaban J connectivity index is 2.17. The van der Waals surface area contributed by atoms with Crippen LogP contribution in [0.1, 0.15) is 22.6 Å². The van der Waals surface area contributed by atoms with Crippen LogP contribution in [0.15, 0.2) is 48.5 Å². The summed E-state index contributed by atoms with van der Waals surface area (Å²) in [5, 5.41) is 10.0. The molecule has 0 aliphatic carbocycles. The van der Waals surface area contributed by atoms with Gasteiger partial charge in [-0.05, 0) is 36.6 Å². The molecule has 1 nitrogen and oxygen atoms in total. The van der Waals surface area contributed by atoms with E-state index in [4.69, 9.17) is 11.6 Å². The molecule has 1 atom stereocenters. The van der Waals surface area contributed by atoms with Crippen molar-refractivity contribution in [3.8, 4) is 6.07 Å². The normalized spacial score (nSPS) is 11.8. The average molecular weight is 256 g/mol. The first-order valence-corrected chi connectivity index (χ1v) is 6.27. The summed E-state index contributed by atoms with van der Waals surface area (Å²) in [5.74, 6) is -0.105. The van der Waals surface area contributed by atoms with Gasteiger partial charge in [-0.3, -0.25) is 0 Å². The van der Waals surface area contributed by atoms with E-state index >= 15 is 0 Å². The molecule has 90 valence electrons. The van der Waals surface area contributed by atoms with E-state index in [0.717, 1.165) is 22.6 Å². The van der Waals surface area contributed by atoms with Gasteiger partial charge in [0, 0.05) is 5.02 Å². The van der Waals surface area contributed by atoms with Crippen LogP contribution in [0.4, 0.5) is 0 Å². The molecule has 1 unspecified atom stereocenters. The summed E-state index contributed by atoms with van der Waals surface area (Å²) >= 11 is 5.85. The summed E-state index contributed by atoms with van der Waals surface area (Å²) in [6, 6.07) is 18.2. The van der Waals surface area contributed by atoms with E-state index in [9.17, 15) is 5.26 Å². The first kappa shape index (κ1) is 12.7. The molecule has 0 fully saturated rings. The summed E-state index contributed by atoms with van der Waals surface area (Å²) in [7, 11) is 0. The van der Waals surface area contributed by atoms with E-state index in [1.807, 2.05) is 55.5 Å². The number of nitrogens with zero attached hydrogens (tertiary/aromatic N) is 1. The van der Waals surface area contributed by atoms with E-state index in [2.05, 4.69) is 6.07 Å². The van der Waals surface area contributed by atoms with Crippen molar-refractivity contribution in [2.45, 2.75) is 19.3 Å². The molecule has 0 amide bonds. The average Bonchev–Trinajstić information content (AvgIpc) is 2.39. The van der Waals surface area contributed by atoms with Crippen LogP contribution in [0.25, 0.3) is 0 Å². The SMILES string of the molecule is Cc1ccc(C(C#N)Cc2ccc(Cl)cc2)cc1. The van der Waals surface area contributed by atoms with Crippen LogP contribution in [-0.2, 0) is 6.42 Å². The lowest BCUT2D eigenvalue weighted by molar-refractivity contribution is 0.849. The van der Waals surface area contributed by atoms with E-state index in [1.165, 1.54) is 5.56 Å². The summed E-state index contributed by atoms with van der Waals surface area (Å²) in [4.78, 5) is 0. The first-order valence-electron chi connectivity index (χ1n) is 5.89. The van der Waals surface area contributed by atoms with Crippen LogP contribution in [0.5, 0.6) is 0 Å². The maximum absolute atomic E-state index is 9.29. The lowest BCUT2D eigenvalue weighted by atomic mass is 9.93. The lowest BCUT2D eigenvalue weighted by Crippen LogP contribution is -2.00. The molecule has 0 heterocycles. The molecule has 0 N–H and O–H groups in total. The molecule has 0 saturated carbocycles. The van der Waals surface area contributed by atoms with Crippen LogP contribution in [0, 0.1) is 18.3 Å². The predicted molar refractivity (Wildman–Crippen MR) is 74.7 cm³/mol. The Morgan fingerprint density at radius 1 is 1.06 bits per heavy atom. The molecule has 0 aliphatic heterocycles. The van der Waals surface area contributed by atoms with E-state index in [0.29, 0.717) is 0 Å². The topological polar surface area (TPSA) is 23.8 Å². The highest BCUT2D eigenvalue weighted by atomic mass is 35.5. The Labute approximate surface area is 113 Å². The van der Waals surface area contributed by atoms with Crippen LogP contribution in [-0.4, -0.2) is 0 Å². The highest BCUT2D eigenvalue weighted by Crippen LogP contribution is 2.21. The molecule has 2 heteroatoms. The lowest BCUT2D eigenvalue weighted by Gasteiger charge is -2.10. The molecule has 0 spiro atoms. The Morgan fingerprint density at radius 3 is 2.22 bits per heavy atom. The number of aryl methyl sites for hydroxylation is 1. The molecule has 0 bridgehead atoms. The largest absolute Gasteiger partial charge is 0.198 e. The van der Waals surface area contributed by atoms with Crippen LogP contribution < -0.4 is 0 Å². The number of benzene rings is 2. The van der Waals surface area contributed by atoms with Crippen LogP contribution in [0.2, 0.25) is 5.02 Å². The second-order valence-corrected chi connectivity index (χ2v) is 4.86. The quantitative estimate of drug-likeness (QED) is 0.792. The van der Waals surface area contributed by atoms with E-state index in [1.54, 1.807) is 0 Å². The van der Waals surface area contributed by atoms with Crippen molar-refractivity contribution in [3.05, 3.63) is 70.2 Å². The van der Waals surface area contributed by atoms with Crippen molar-refractivity contribution in [2.75, 3.05) is 0 Å². The zero-order valence-corrected chi connectivity index (χ0v) is 11.0. The number of hydrogen-bond donors (Lipinski definition) is 0. The minimum atomic E-state index is -0.105. The summed E-state index contributed by atoms with van der Waals surface area (Å²) in [6.07, 6.45) is 0.719. The number of rotatable bonds is 3. The van der Waals surface area contributed by atoms with Gasteiger partial charge in [-0.2, -0.15) is 5.26 Å². The number of hydrogen-bond acceptors (Lipinski definition) is 1. The molecule has 2 aromatic carbocycles. The molecular weight excluding hydrogens is 242 g/mol. The second-order valence-electron chi connectivity index (χ2n) is 4.42. The zero-order chi connectivity index (χ0) is 13.0. The zero-order valence-electron chi connectivity index (χ0n) is 10.2. The van der Waals surface area contributed by atoms with Crippen molar-refractivity contribution >= 4 is 11.6 Å². The van der Waals surface area contributed by atoms with Gasteiger partial charge in [-0.25, -0.2) is 0 Å². The fraction of sp³-hybridized carbons (Fsp3) is 0.188. The number of nitriles is 1. The maximum Gasteiger partial charge on any atom is 0.0753 e. The number of halogens is 1. The molecule has 0 aromatic heterocycles. The molecular formula is C16H14ClN. The highest BCUT2D eigenvalue weighted by molar-refractivity contribution is 6.30. The van der Waals surface area contributed by atoms with Crippen LogP contribution >= 0.6 is 11.6 Å². The third-order valence-electron chi connectivity index (χ3n) is 2.99.